The molecule has 1 heterocycles. The highest BCUT2D eigenvalue weighted by molar-refractivity contribution is 5.80. The van der Waals surface area contributed by atoms with Crippen molar-refractivity contribution in [1.29, 1.82) is 0 Å². The summed E-state index contributed by atoms with van der Waals surface area (Å²) in [6.45, 7) is 8.83. The molecule has 2 atom stereocenters. The van der Waals surface area contributed by atoms with Gasteiger partial charge in [0.15, 0.2) is 0 Å². The molecule has 26 heavy (non-hydrogen) atoms. The van der Waals surface area contributed by atoms with Crippen molar-refractivity contribution in [2.45, 2.75) is 104 Å². The molecule has 0 unspecified atom stereocenters. The van der Waals surface area contributed by atoms with E-state index in [9.17, 15) is 14.7 Å². The Morgan fingerprint density at radius 2 is 1.58 bits per heavy atom. The minimum Gasteiger partial charge on any atom is -0.391 e. The molecule has 1 aliphatic rings. The van der Waals surface area contributed by atoms with Gasteiger partial charge in [0.05, 0.1) is 24.9 Å². The summed E-state index contributed by atoms with van der Waals surface area (Å²) >= 11 is 0. The van der Waals surface area contributed by atoms with Crippen molar-refractivity contribution in [2.24, 2.45) is 5.92 Å². The number of ether oxygens (including phenoxy) is 1. The molecule has 1 N–H and O–H groups in total. The average molecular weight is 370 g/mol. The number of β-amino-alcohol motifs (C(OH)–C–C–N with tert-alkyl or cyclic N) is 1. The molecule has 1 fully saturated rings. The highest BCUT2D eigenvalue weighted by Crippen LogP contribution is 2.21. The summed E-state index contributed by atoms with van der Waals surface area (Å²) in [5.41, 5.74) is 0. The lowest BCUT2D eigenvalue weighted by atomic mass is 10.0. The van der Waals surface area contributed by atoms with E-state index in [0.29, 0.717) is 38.2 Å². The van der Waals surface area contributed by atoms with E-state index >= 15 is 0 Å². The van der Waals surface area contributed by atoms with Crippen LogP contribution in [-0.4, -0.2) is 53.1 Å². The molecule has 0 aromatic carbocycles. The third-order valence-electron chi connectivity index (χ3n) is 5.04. The van der Waals surface area contributed by atoms with Gasteiger partial charge >= 0.3 is 0 Å². The van der Waals surface area contributed by atoms with Crippen LogP contribution >= 0.6 is 0 Å². The van der Waals surface area contributed by atoms with E-state index in [1.54, 1.807) is 0 Å². The third kappa shape index (κ3) is 9.13. The van der Waals surface area contributed by atoms with Crippen molar-refractivity contribution in [3.05, 3.63) is 0 Å². The number of carbonyl (C=O) groups is 2. The first-order valence-electron chi connectivity index (χ1n) is 10.4. The van der Waals surface area contributed by atoms with Crippen molar-refractivity contribution in [1.82, 2.24) is 4.90 Å². The van der Waals surface area contributed by atoms with Crippen molar-refractivity contribution >= 4 is 11.7 Å². The summed E-state index contributed by atoms with van der Waals surface area (Å²) in [4.78, 5) is 25.8. The molecule has 0 aromatic heterocycles. The predicted molar refractivity (Wildman–Crippen MR) is 104 cm³/mol. The summed E-state index contributed by atoms with van der Waals surface area (Å²) in [7, 11) is 0. The fourth-order valence-electron chi connectivity index (χ4n) is 3.37. The normalized spacial score (nSPS) is 20.3. The van der Waals surface area contributed by atoms with Gasteiger partial charge in [0.2, 0.25) is 5.91 Å². The fourth-order valence-corrected chi connectivity index (χ4v) is 3.37. The standard InChI is InChI=1S/C21H39NO4/c1-16(2)20(24)11-9-7-5-6-8-10-12-21(25)22-14-19(23)13-18(22)15-26-17(3)4/h16-19,23H,5-15H2,1-4H3/t18-,19+/m0/s1. The Labute approximate surface area is 159 Å². The number of likely N-dealkylation sites (tertiary alicyclic amines) is 1. The third-order valence-corrected chi connectivity index (χ3v) is 5.04. The summed E-state index contributed by atoms with van der Waals surface area (Å²) in [6.07, 6.45) is 7.87. The van der Waals surface area contributed by atoms with E-state index in [0.717, 1.165) is 38.5 Å². The van der Waals surface area contributed by atoms with Crippen molar-refractivity contribution in [2.75, 3.05) is 13.2 Å². The van der Waals surface area contributed by atoms with Crippen molar-refractivity contribution in [3.63, 3.8) is 0 Å². The number of amides is 1. The van der Waals surface area contributed by atoms with Crippen LogP contribution in [0.15, 0.2) is 0 Å². The number of ketones is 1. The van der Waals surface area contributed by atoms with E-state index in [1.165, 1.54) is 0 Å². The van der Waals surface area contributed by atoms with E-state index in [4.69, 9.17) is 4.74 Å². The van der Waals surface area contributed by atoms with Gasteiger partial charge in [0.1, 0.15) is 5.78 Å². The average Bonchev–Trinajstić information content (AvgIpc) is 2.95. The highest BCUT2D eigenvalue weighted by Gasteiger charge is 2.34. The van der Waals surface area contributed by atoms with Gasteiger partial charge in [-0.2, -0.15) is 0 Å². The van der Waals surface area contributed by atoms with Crippen LogP contribution in [0.2, 0.25) is 0 Å². The molecule has 0 aliphatic carbocycles. The molecular formula is C21H39NO4. The van der Waals surface area contributed by atoms with Crippen LogP contribution in [0.4, 0.5) is 0 Å². The number of rotatable bonds is 13. The Morgan fingerprint density at radius 3 is 2.15 bits per heavy atom. The molecule has 0 spiro atoms. The van der Waals surface area contributed by atoms with Gasteiger partial charge in [-0.3, -0.25) is 9.59 Å². The monoisotopic (exact) mass is 369 g/mol. The number of hydrogen-bond donors (Lipinski definition) is 1. The zero-order valence-corrected chi connectivity index (χ0v) is 17.2. The maximum atomic E-state index is 12.4. The maximum Gasteiger partial charge on any atom is 0.222 e. The Balaban J connectivity index is 2.12. The summed E-state index contributed by atoms with van der Waals surface area (Å²) in [6, 6.07) is 0.0124. The van der Waals surface area contributed by atoms with Gasteiger partial charge in [-0.1, -0.05) is 39.5 Å². The number of Topliss-reactive ketones (excluding diaryl/α,β-unsaturated/α-hetero) is 1. The second-order valence-electron chi connectivity index (χ2n) is 8.21. The Bertz CT molecular complexity index is 422. The molecular weight excluding hydrogens is 330 g/mol. The fraction of sp³-hybridized carbons (Fsp3) is 0.905. The van der Waals surface area contributed by atoms with Crippen LogP contribution in [0.3, 0.4) is 0 Å². The predicted octanol–water partition coefficient (Wildman–Crippen LogP) is 3.72. The minimum atomic E-state index is -0.423. The number of carbonyl (C=O) groups excluding carboxylic acids is 2. The molecule has 0 saturated carbocycles. The topological polar surface area (TPSA) is 66.8 Å². The van der Waals surface area contributed by atoms with E-state index in [-0.39, 0.29) is 24.0 Å². The molecule has 0 radical (unpaired) electrons. The summed E-state index contributed by atoms with van der Waals surface area (Å²) < 4.78 is 5.64. The number of hydrogen-bond acceptors (Lipinski definition) is 4. The number of aliphatic hydroxyl groups is 1. The van der Waals surface area contributed by atoms with Gasteiger partial charge in [0.25, 0.3) is 0 Å². The van der Waals surface area contributed by atoms with Crippen LogP contribution < -0.4 is 0 Å². The number of unbranched alkanes of at least 4 members (excludes halogenated alkanes) is 5. The largest absolute Gasteiger partial charge is 0.391 e. The zero-order chi connectivity index (χ0) is 19.5. The first-order valence-corrected chi connectivity index (χ1v) is 10.4. The Kier molecular flexibility index (Phi) is 11.1. The maximum absolute atomic E-state index is 12.4. The minimum absolute atomic E-state index is 0.0124. The van der Waals surface area contributed by atoms with E-state index in [2.05, 4.69) is 0 Å². The quantitative estimate of drug-likeness (QED) is 0.503. The Morgan fingerprint density at radius 1 is 1.00 bits per heavy atom. The molecule has 1 saturated heterocycles. The number of aliphatic hydroxyl groups excluding tert-OH is 1. The Hall–Kier alpha value is -0.940. The van der Waals surface area contributed by atoms with Crippen LogP contribution in [0.5, 0.6) is 0 Å². The molecule has 1 rings (SSSR count). The van der Waals surface area contributed by atoms with E-state index < -0.39 is 6.10 Å². The van der Waals surface area contributed by atoms with Gasteiger partial charge in [-0.05, 0) is 33.1 Å². The van der Waals surface area contributed by atoms with Crippen LogP contribution in [0.1, 0.15) is 85.5 Å². The molecule has 1 aliphatic heterocycles. The molecule has 0 bridgehead atoms. The second-order valence-corrected chi connectivity index (χ2v) is 8.21. The molecule has 5 nitrogen and oxygen atoms in total. The zero-order valence-electron chi connectivity index (χ0n) is 17.2. The summed E-state index contributed by atoms with van der Waals surface area (Å²) in [5.74, 6) is 0.653. The van der Waals surface area contributed by atoms with E-state index in [1.807, 2.05) is 32.6 Å². The molecule has 0 aromatic rings. The van der Waals surface area contributed by atoms with Gasteiger partial charge in [-0.25, -0.2) is 0 Å². The van der Waals surface area contributed by atoms with Crippen molar-refractivity contribution in [3.8, 4) is 0 Å². The van der Waals surface area contributed by atoms with Gasteiger partial charge in [-0.15, -0.1) is 0 Å². The van der Waals surface area contributed by atoms with Gasteiger partial charge < -0.3 is 14.7 Å². The van der Waals surface area contributed by atoms with Crippen molar-refractivity contribution < 1.29 is 19.4 Å². The van der Waals surface area contributed by atoms with Crippen LogP contribution in [0, 0.1) is 5.92 Å². The van der Waals surface area contributed by atoms with Crippen LogP contribution in [-0.2, 0) is 14.3 Å². The lowest BCUT2D eigenvalue weighted by molar-refractivity contribution is -0.133. The van der Waals surface area contributed by atoms with Crippen LogP contribution in [0.25, 0.3) is 0 Å². The molecule has 152 valence electrons. The lowest BCUT2D eigenvalue weighted by Gasteiger charge is -2.25. The number of nitrogens with zero attached hydrogens (tertiary/aromatic N) is 1. The first kappa shape index (κ1) is 23.1. The molecule has 1 amide bonds. The highest BCUT2D eigenvalue weighted by atomic mass is 16.5. The van der Waals surface area contributed by atoms with Gasteiger partial charge in [0, 0.05) is 25.3 Å². The SMILES string of the molecule is CC(C)OC[C@@H]1C[C@@H](O)CN1C(=O)CCCCCCCCC(=O)C(C)C. The molecule has 5 heteroatoms. The lowest BCUT2D eigenvalue weighted by Crippen LogP contribution is -2.39. The smallest absolute Gasteiger partial charge is 0.222 e. The summed E-state index contributed by atoms with van der Waals surface area (Å²) in [5, 5.41) is 9.88. The second kappa shape index (κ2) is 12.4. The first-order chi connectivity index (χ1) is 12.3.